The van der Waals surface area contributed by atoms with Crippen molar-refractivity contribution in [1.29, 1.82) is 0 Å². The van der Waals surface area contributed by atoms with Gasteiger partial charge in [-0.3, -0.25) is 13.9 Å². The Morgan fingerprint density at radius 1 is 0.917 bits per heavy atom. The van der Waals surface area contributed by atoms with E-state index in [1.807, 2.05) is 12.1 Å². The second-order valence-corrected chi connectivity index (χ2v) is 10.1. The van der Waals surface area contributed by atoms with E-state index in [2.05, 4.69) is 10.6 Å². The first-order chi connectivity index (χ1) is 17.1. The van der Waals surface area contributed by atoms with Crippen molar-refractivity contribution >= 4 is 44.9 Å². The number of para-hydroxylation sites is 1. The first kappa shape index (κ1) is 24.9. The summed E-state index contributed by atoms with van der Waals surface area (Å²) >= 11 is 0. The Balaban J connectivity index is 1.42. The molecule has 0 spiro atoms. The fourth-order valence-electron chi connectivity index (χ4n) is 3.83. The number of carbonyl (C=O) groups is 3. The molecule has 3 aromatic rings. The minimum absolute atomic E-state index is 0.0165. The van der Waals surface area contributed by atoms with E-state index in [4.69, 9.17) is 4.74 Å². The number of benzene rings is 3. The lowest BCUT2D eigenvalue weighted by Gasteiger charge is -2.20. The zero-order valence-electron chi connectivity index (χ0n) is 19.7. The molecule has 0 saturated heterocycles. The van der Waals surface area contributed by atoms with Crippen LogP contribution in [0.4, 0.5) is 17.1 Å². The molecule has 2 N–H and O–H groups in total. The van der Waals surface area contributed by atoms with E-state index in [1.54, 1.807) is 36.4 Å². The highest BCUT2D eigenvalue weighted by Crippen LogP contribution is 2.32. The average molecular weight is 508 g/mol. The summed E-state index contributed by atoms with van der Waals surface area (Å²) in [5.41, 5.74) is 2.62. The maximum absolute atomic E-state index is 13.3. The van der Waals surface area contributed by atoms with Crippen LogP contribution in [-0.2, 0) is 30.8 Å². The SMILES string of the molecule is CC(=O)Nc1ccc(NC(=O)C(C)OC(=O)c2cccc(S(=O)(=O)N3CCc4ccccc43)c2)cc1. The van der Waals surface area contributed by atoms with Crippen LogP contribution in [0.1, 0.15) is 29.8 Å². The summed E-state index contributed by atoms with van der Waals surface area (Å²) < 4.78 is 33.2. The van der Waals surface area contributed by atoms with E-state index in [9.17, 15) is 22.8 Å². The third-order valence-electron chi connectivity index (χ3n) is 5.63. The number of hydrogen-bond acceptors (Lipinski definition) is 6. The van der Waals surface area contributed by atoms with Gasteiger partial charge in [-0.2, -0.15) is 0 Å². The van der Waals surface area contributed by atoms with Gasteiger partial charge in [0.15, 0.2) is 6.10 Å². The van der Waals surface area contributed by atoms with Gasteiger partial charge >= 0.3 is 5.97 Å². The lowest BCUT2D eigenvalue weighted by Crippen LogP contribution is -2.30. The van der Waals surface area contributed by atoms with Gasteiger partial charge in [0.25, 0.3) is 15.9 Å². The summed E-state index contributed by atoms with van der Waals surface area (Å²) in [6, 6.07) is 19.3. The summed E-state index contributed by atoms with van der Waals surface area (Å²) in [7, 11) is -3.88. The second-order valence-electron chi connectivity index (χ2n) is 8.28. The van der Waals surface area contributed by atoms with E-state index in [0.717, 1.165) is 5.56 Å². The van der Waals surface area contributed by atoms with E-state index in [1.165, 1.54) is 42.4 Å². The fourth-order valence-corrected chi connectivity index (χ4v) is 5.38. The quantitative estimate of drug-likeness (QED) is 0.472. The minimum atomic E-state index is -3.88. The number of fused-ring (bicyclic) bond motifs is 1. The molecule has 1 heterocycles. The highest BCUT2D eigenvalue weighted by Gasteiger charge is 2.31. The van der Waals surface area contributed by atoms with Gasteiger partial charge in [-0.05, 0) is 67.4 Å². The Morgan fingerprint density at radius 2 is 1.58 bits per heavy atom. The second kappa shape index (κ2) is 10.2. The molecule has 2 amide bonds. The predicted octanol–water partition coefficient (Wildman–Crippen LogP) is 3.58. The highest BCUT2D eigenvalue weighted by atomic mass is 32.2. The van der Waals surface area contributed by atoms with Gasteiger partial charge in [0.1, 0.15) is 0 Å². The molecule has 4 rings (SSSR count). The summed E-state index contributed by atoms with van der Waals surface area (Å²) in [5.74, 6) is -1.60. The molecule has 0 radical (unpaired) electrons. The molecular weight excluding hydrogens is 482 g/mol. The summed E-state index contributed by atoms with van der Waals surface area (Å²) in [6.07, 6.45) is -0.530. The van der Waals surface area contributed by atoms with Gasteiger partial charge < -0.3 is 15.4 Å². The smallest absolute Gasteiger partial charge is 0.338 e. The molecule has 9 nitrogen and oxygen atoms in total. The topological polar surface area (TPSA) is 122 Å². The lowest BCUT2D eigenvalue weighted by atomic mass is 10.2. The van der Waals surface area contributed by atoms with Gasteiger partial charge in [-0.15, -0.1) is 0 Å². The van der Waals surface area contributed by atoms with Gasteiger partial charge in [-0.1, -0.05) is 24.3 Å². The number of amides is 2. The Bertz CT molecular complexity index is 1420. The van der Waals surface area contributed by atoms with Crippen LogP contribution in [0.25, 0.3) is 0 Å². The third-order valence-corrected chi connectivity index (χ3v) is 7.44. The first-order valence-corrected chi connectivity index (χ1v) is 12.7. The molecule has 10 heteroatoms. The van der Waals surface area contributed by atoms with Crippen molar-refractivity contribution in [1.82, 2.24) is 0 Å². The van der Waals surface area contributed by atoms with E-state index < -0.39 is 28.0 Å². The number of rotatable bonds is 7. The van der Waals surface area contributed by atoms with Crippen LogP contribution in [0.5, 0.6) is 0 Å². The van der Waals surface area contributed by atoms with Crippen LogP contribution >= 0.6 is 0 Å². The van der Waals surface area contributed by atoms with E-state index >= 15 is 0 Å². The molecule has 0 aliphatic carbocycles. The monoisotopic (exact) mass is 507 g/mol. The van der Waals surface area contributed by atoms with Crippen LogP contribution in [-0.4, -0.2) is 38.9 Å². The number of carbonyl (C=O) groups excluding carboxylic acids is 3. The molecule has 1 aliphatic rings. The Kier molecular flexibility index (Phi) is 7.07. The van der Waals surface area contributed by atoms with Crippen molar-refractivity contribution < 1.29 is 27.5 Å². The third kappa shape index (κ3) is 5.38. The van der Waals surface area contributed by atoms with Gasteiger partial charge in [-0.25, -0.2) is 13.2 Å². The molecule has 186 valence electrons. The number of nitrogens with one attached hydrogen (secondary N) is 2. The predicted molar refractivity (Wildman–Crippen MR) is 135 cm³/mol. The molecule has 0 saturated carbocycles. The largest absolute Gasteiger partial charge is 0.449 e. The summed E-state index contributed by atoms with van der Waals surface area (Å²) in [5, 5.41) is 5.25. The molecule has 36 heavy (non-hydrogen) atoms. The van der Waals surface area contributed by atoms with Crippen LogP contribution in [0.2, 0.25) is 0 Å². The van der Waals surface area contributed by atoms with Crippen LogP contribution in [0, 0.1) is 0 Å². The minimum Gasteiger partial charge on any atom is -0.449 e. The van der Waals surface area contributed by atoms with Gasteiger partial charge in [0, 0.05) is 24.8 Å². The molecule has 1 atom stereocenters. The summed E-state index contributed by atoms with van der Waals surface area (Å²) in [4.78, 5) is 36.3. The Hall–Kier alpha value is -4.18. The van der Waals surface area contributed by atoms with Crippen LogP contribution in [0.15, 0.2) is 77.7 Å². The highest BCUT2D eigenvalue weighted by molar-refractivity contribution is 7.92. The van der Waals surface area contributed by atoms with Crippen molar-refractivity contribution in [3.8, 4) is 0 Å². The standard InChI is InChI=1S/C26H25N3O6S/c1-17(25(31)28-22-12-10-21(11-13-22)27-18(2)30)35-26(32)20-7-5-8-23(16-20)36(33,34)29-15-14-19-6-3-4-9-24(19)29/h3-13,16-17H,14-15H2,1-2H3,(H,27,30)(H,28,31). The summed E-state index contributed by atoms with van der Waals surface area (Å²) in [6.45, 7) is 3.13. The number of ether oxygens (including phenoxy) is 1. The molecular formula is C26H25N3O6S. The maximum atomic E-state index is 13.3. The molecule has 0 aromatic heterocycles. The average Bonchev–Trinajstić information content (AvgIpc) is 3.30. The first-order valence-electron chi connectivity index (χ1n) is 11.3. The maximum Gasteiger partial charge on any atom is 0.338 e. The zero-order chi connectivity index (χ0) is 25.9. The normalized spacial score (nSPS) is 13.4. The molecule has 0 fully saturated rings. The van der Waals surface area contributed by atoms with Crippen LogP contribution in [0.3, 0.4) is 0 Å². The number of anilines is 3. The van der Waals surface area contributed by atoms with Crippen molar-refractivity contribution in [3.05, 3.63) is 83.9 Å². The number of nitrogens with zero attached hydrogens (tertiary/aromatic N) is 1. The number of esters is 1. The number of hydrogen-bond donors (Lipinski definition) is 2. The van der Waals surface area contributed by atoms with Gasteiger partial charge in [0.05, 0.1) is 16.1 Å². The Labute approximate surface area is 209 Å². The van der Waals surface area contributed by atoms with Gasteiger partial charge in [0.2, 0.25) is 5.91 Å². The van der Waals surface area contributed by atoms with Crippen molar-refractivity contribution in [3.63, 3.8) is 0 Å². The fraction of sp³-hybridized carbons (Fsp3) is 0.192. The van der Waals surface area contributed by atoms with E-state index in [-0.39, 0.29) is 16.4 Å². The molecule has 3 aromatic carbocycles. The van der Waals surface area contributed by atoms with Crippen molar-refractivity contribution in [2.45, 2.75) is 31.3 Å². The zero-order valence-corrected chi connectivity index (χ0v) is 20.5. The Morgan fingerprint density at radius 3 is 2.28 bits per heavy atom. The number of sulfonamides is 1. The molecule has 0 bridgehead atoms. The van der Waals surface area contributed by atoms with Crippen molar-refractivity contribution in [2.24, 2.45) is 0 Å². The van der Waals surface area contributed by atoms with E-state index in [0.29, 0.717) is 30.0 Å². The molecule has 1 unspecified atom stereocenters. The van der Waals surface area contributed by atoms with Crippen molar-refractivity contribution in [2.75, 3.05) is 21.5 Å². The van der Waals surface area contributed by atoms with Crippen LogP contribution < -0.4 is 14.9 Å². The molecule has 1 aliphatic heterocycles. The lowest BCUT2D eigenvalue weighted by molar-refractivity contribution is -0.123.